The average Bonchev–Trinajstić information content (AvgIpc) is 3.10. The van der Waals surface area contributed by atoms with Crippen LogP contribution in [0, 0.1) is 6.92 Å². The number of benzene rings is 3. The molecule has 6 heteroatoms. The lowest BCUT2D eigenvalue weighted by Gasteiger charge is -2.26. The molecule has 3 aromatic rings. The lowest BCUT2D eigenvalue weighted by atomic mass is 9.94. The number of carbonyl (C=O) groups is 2. The maximum absolute atomic E-state index is 13.2. The monoisotopic (exact) mass is 457 g/mol. The molecule has 1 atom stereocenters. The molecule has 1 aliphatic rings. The van der Waals surface area contributed by atoms with Crippen molar-refractivity contribution in [2.24, 2.45) is 0 Å². The lowest BCUT2D eigenvalue weighted by Crippen LogP contribution is -2.29. The number of ether oxygens (including phenoxy) is 2. The molecule has 0 radical (unpaired) electrons. The van der Waals surface area contributed by atoms with Gasteiger partial charge in [-0.05, 0) is 37.1 Å². The van der Waals surface area contributed by atoms with Gasteiger partial charge in [0.05, 0.1) is 25.3 Å². The number of hydrogen-bond donors (Lipinski definition) is 1. The number of likely N-dealkylation sites (tertiary alicyclic amines) is 1. The smallest absolute Gasteiger partial charge is 0.295 e. The van der Waals surface area contributed by atoms with Crippen LogP contribution in [0.5, 0.6) is 11.5 Å². The highest BCUT2D eigenvalue weighted by atomic mass is 16.5. The van der Waals surface area contributed by atoms with E-state index in [4.69, 9.17) is 9.47 Å². The predicted octanol–water partition coefficient (Wildman–Crippen LogP) is 5.02. The number of rotatable bonds is 7. The second kappa shape index (κ2) is 9.83. The van der Waals surface area contributed by atoms with Crippen molar-refractivity contribution in [1.29, 1.82) is 0 Å². The summed E-state index contributed by atoms with van der Waals surface area (Å²) in [6.07, 6.45) is 0. The molecule has 3 aromatic carbocycles. The molecule has 0 bridgehead atoms. The normalized spacial score (nSPS) is 17.1. The highest BCUT2D eigenvalue weighted by Crippen LogP contribution is 2.42. The van der Waals surface area contributed by atoms with Crippen LogP contribution in [0.2, 0.25) is 0 Å². The van der Waals surface area contributed by atoms with Crippen molar-refractivity contribution in [3.63, 3.8) is 0 Å². The number of ketones is 1. The van der Waals surface area contributed by atoms with Crippen molar-refractivity contribution in [2.75, 3.05) is 13.7 Å². The fourth-order valence-corrected chi connectivity index (χ4v) is 4.17. The molecule has 6 nitrogen and oxygen atoms in total. The molecule has 1 aliphatic heterocycles. The Labute approximate surface area is 199 Å². The third-order valence-corrected chi connectivity index (χ3v) is 5.86. The number of amides is 1. The molecule has 1 saturated heterocycles. The van der Waals surface area contributed by atoms with Crippen LogP contribution in [0.3, 0.4) is 0 Å². The lowest BCUT2D eigenvalue weighted by molar-refractivity contribution is -0.140. The molecule has 0 aliphatic carbocycles. The van der Waals surface area contributed by atoms with E-state index >= 15 is 0 Å². The van der Waals surface area contributed by atoms with Crippen molar-refractivity contribution < 1.29 is 24.2 Å². The summed E-state index contributed by atoms with van der Waals surface area (Å²) < 4.78 is 11.1. The van der Waals surface area contributed by atoms with Gasteiger partial charge in [0.2, 0.25) is 0 Å². The summed E-state index contributed by atoms with van der Waals surface area (Å²) in [6.45, 7) is 4.50. The molecule has 1 amide bonds. The maximum atomic E-state index is 13.2. The molecule has 1 unspecified atom stereocenters. The topological polar surface area (TPSA) is 76.1 Å². The number of aryl methyl sites for hydroxylation is 1. The Kier molecular flexibility index (Phi) is 6.68. The zero-order valence-corrected chi connectivity index (χ0v) is 19.4. The number of aliphatic hydroxyl groups excluding tert-OH is 1. The third-order valence-electron chi connectivity index (χ3n) is 5.86. The second-order valence-corrected chi connectivity index (χ2v) is 8.12. The predicted molar refractivity (Wildman–Crippen MR) is 130 cm³/mol. The fraction of sp³-hybridized carbons (Fsp3) is 0.214. The van der Waals surface area contributed by atoms with Gasteiger partial charge >= 0.3 is 0 Å². The average molecular weight is 458 g/mol. The summed E-state index contributed by atoms with van der Waals surface area (Å²) in [7, 11) is 1.54. The molecular formula is C28H27NO5. The first-order valence-electron chi connectivity index (χ1n) is 11.1. The summed E-state index contributed by atoms with van der Waals surface area (Å²) in [5, 5.41) is 11.2. The van der Waals surface area contributed by atoms with Gasteiger partial charge in [-0.1, -0.05) is 66.2 Å². The van der Waals surface area contributed by atoms with Crippen LogP contribution in [0.4, 0.5) is 0 Å². The molecule has 174 valence electrons. The van der Waals surface area contributed by atoms with Crippen LogP contribution in [-0.4, -0.2) is 35.4 Å². The first kappa shape index (κ1) is 23.1. The van der Waals surface area contributed by atoms with Crippen molar-refractivity contribution in [3.05, 3.63) is 101 Å². The largest absolute Gasteiger partial charge is 0.507 e. The number of nitrogens with zero attached hydrogens (tertiary/aromatic N) is 1. The molecule has 1 heterocycles. The van der Waals surface area contributed by atoms with E-state index in [1.165, 1.54) is 12.0 Å². The van der Waals surface area contributed by atoms with Crippen molar-refractivity contribution in [1.82, 2.24) is 4.90 Å². The molecular weight excluding hydrogens is 430 g/mol. The van der Waals surface area contributed by atoms with Crippen molar-refractivity contribution >= 4 is 17.4 Å². The number of Topliss-reactive ketones (excluding diaryl/α,β-unsaturated/α-hetero) is 1. The van der Waals surface area contributed by atoms with Gasteiger partial charge < -0.3 is 19.5 Å². The summed E-state index contributed by atoms with van der Waals surface area (Å²) in [4.78, 5) is 27.9. The van der Waals surface area contributed by atoms with E-state index in [0.29, 0.717) is 29.2 Å². The van der Waals surface area contributed by atoms with Gasteiger partial charge in [0.1, 0.15) is 5.76 Å². The first-order valence-corrected chi connectivity index (χ1v) is 11.1. The third kappa shape index (κ3) is 4.39. The molecule has 0 aromatic heterocycles. The standard InChI is InChI=1S/C28H27NO5/c1-4-34-22-15-14-21(16-23(22)33-3)25-24(26(30)20-12-10-18(2)11-13-20)27(31)28(32)29(25)17-19-8-6-5-7-9-19/h5-16,25,30H,4,17H2,1-3H3/b26-24+. The van der Waals surface area contributed by atoms with E-state index in [2.05, 4.69) is 0 Å². The molecule has 0 spiro atoms. The van der Waals surface area contributed by atoms with Gasteiger partial charge in [-0.2, -0.15) is 0 Å². The van der Waals surface area contributed by atoms with Crippen molar-refractivity contribution in [3.8, 4) is 11.5 Å². The minimum Gasteiger partial charge on any atom is -0.507 e. The van der Waals surface area contributed by atoms with E-state index in [1.54, 1.807) is 30.3 Å². The first-order chi connectivity index (χ1) is 16.4. The van der Waals surface area contributed by atoms with Gasteiger partial charge in [0.15, 0.2) is 11.5 Å². The molecule has 0 saturated carbocycles. The highest BCUT2D eigenvalue weighted by molar-refractivity contribution is 6.46. The maximum Gasteiger partial charge on any atom is 0.295 e. The van der Waals surface area contributed by atoms with E-state index in [0.717, 1.165) is 11.1 Å². The van der Waals surface area contributed by atoms with Crippen LogP contribution < -0.4 is 9.47 Å². The van der Waals surface area contributed by atoms with E-state index < -0.39 is 17.7 Å². The quantitative estimate of drug-likeness (QED) is 0.306. The number of methoxy groups -OCH3 is 1. The Morgan fingerprint density at radius 2 is 1.68 bits per heavy atom. The molecule has 1 N–H and O–H groups in total. The van der Waals surface area contributed by atoms with Gasteiger partial charge in [0.25, 0.3) is 11.7 Å². The van der Waals surface area contributed by atoms with E-state index in [-0.39, 0.29) is 17.9 Å². The zero-order chi connectivity index (χ0) is 24.2. The Hall–Kier alpha value is -4.06. The highest BCUT2D eigenvalue weighted by Gasteiger charge is 2.46. The molecule has 1 fully saturated rings. The van der Waals surface area contributed by atoms with Gasteiger partial charge in [-0.15, -0.1) is 0 Å². The van der Waals surface area contributed by atoms with Crippen LogP contribution in [0.15, 0.2) is 78.4 Å². The second-order valence-electron chi connectivity index (χ2n) is 8.12. The van der Waals surface area contributed by atoms with Crippen LogP contribution in [-0.2, 0) is 16.1 Å². The molecule has 4 rings (SSSR count). The van der Waals surface area contributed by atoms with Gasteiger partial charge in [-0.25, -0.2) is 0 Å². The van der Waals surface area contributed by atoms with Crippen LogP contribution in [0.25, 0.3) is 5.76 Å². The zero-order valence-electron chi connectivity index (χ0n) is 19.4. The number of carbonyl (C=O) groups excluding carboxylic acids is 2. The Bertz CT molecular complexity index is 1230. The fourth-order valence-electron chi connectivity index (χ4n) is 4.17. The SMILES string of the molecule is CCOc1ccc(C2/C(=C(\O)c3ccc(C)cc3)C(=O)C(=O)N2Cc2ccccc2)cc1OC. The number of aliphatic hydroxyl groups is 1. The minimum atomic E-state index is -0.786. The van der Waals surface area contributed by atoms with Crippen LogP contribution >= 0.6 is 0 Å². The van der Waals surface area contributed by atoms with Gasteiger partial charge in [0, 0.05) is 12.1 Å². The summed E-state index contributed by atoms with van der Waals surface area (Å²) in [6, 6.07) is 21.2. The minimum absolute atomic E-state index is 0.0518. The summed E-state index contributed by atoms with van der Waals surface area (Å²) in [5.74, 6) is -0.527. The van der Waals surface area contributed by atoms with Crippen LogP contribution in [0.1, 0.15) is 35.2 Å². The molecule has 34 heavy (non-hydrogen) atoms. The summed E-state index contributed by atoms with van der Waals surface area (Å²) >= 11 is 0. The van der Waals surface area contributed by atoms with E-state index in [9.17, 15) is 14.7 Å². The Morgan fingerprint density at radius 1 is 0.971 bits per heavy atom. The van der Waals surface area contributed by atoms with E-state index in [1.807, 2.05) is 56.3 Å². The number of hydrogen-bond acceptors (Lipinski definition) is 5. The van der Waals surface area contributed by atoms with Gasteiger partial charge in [-0.3, -0.25) is 9.59 Å². The Morgan fingerprint density at radius 3 is 2.32 bits per heavy atom. The Balaban J connectivity index is 1.88. The van der Waals surface area contributed by atoms with Crippen molar-refractivity contribution in [2.45, 2.75) is 26.4 Å². The summed E-state index contributed by atoms with van der Waals surface area (Å²) in [5.41, 5.74) is 3.07.